The maximum atomic E-state index is 12.5. The fourth-order valence-electron chi connectivity index (χ4n) is 2.70. The lowest BCUT2D eigenvalue weighted by molar-refractivity contribution is 0.102. The van der Waals surface area contributed by atoms with Gasteiger partial charge >= 0.3 is 0 Å². The number of amides is 1. The number of hydrogen-bond acceptors (Lipinski definition) is 3. The van der Waals surface area contributed by atoms with E-state index in [2.05, 4.69) is 10.6 Å². The summed E-state index contributed by atoms with van der Waals surface area (Å²) in [6.45, 7) is 2.81. The number of hydrogen-bond donors (Lipinski definition) is 3. The Bertz CT molecular complexity index is 695. The van der Waals surface area contributed by atoms with Crippen molar-refractivity contribution in [2.24, 2.45) is 0 Å². The van der Waals surface area contributed by atoms with Crippen LogP contribution in [-0.4, -0.2) is 17.6 Å². The monoisotopic (exact) mass is 282 g/mol. The van der Waals surface area contributed by atoms with Crippen molar-refractivity contribution in [1.82, 2.24) is 0 Å². The molecule has 0 aromatic heterocycles. The van der Waals surface area contributed by atoms with E-state index in [-0.39, 0.29) is 11.7 Å². The fraction of sp³-hybridized carbons (Fsp3) is 0.235. The molecular weight excluding hydrogens is 264 g/mol. The third-order valence-electron chi connectivity index (χ3n) is 3.80. The summed E-state index contributed by atoms with van der Waals surface area (Å²) in [6.07, 6.45) is 1.95. The van der Waals surface area contributed by atoms with E-state index in [1.165, 1.54) is 0 Å². The van der Waals surface area contributed by atoms with Crippen molar-refractivity contribution in [2.45, 2.75) is 19.8 Å². The molecule has 0 spiro atoms. The standard InChI is InChI=1S/C17H18N2O2/c1-11-10-12(20)7-8-15(11)19-17(21)14-4-2-6-16-13(14)5-3-9-18-16/h2,4,6-8,10,18,20H,3,5,9H2,1H3,(H,19,21). The van der Waals surface area contributed by atoms with Gasteiger partial charge in [0.2, 0.25) is 0 Å². The number of benzene rings is 2. The maximum Gasteiger partial charge on any atom is 0.256 e. The molecule has 4 heteroatoms. The van der Waals surface area contributed by atoms with Crippen LogP contribution in [0.15, 0.2) is 36.4 Å². The van der Waals surface area contributed by atoms with Crippen molar-refractivity contribution in [3.05, 3.63) is 53.1 Å². The topological polar surface area (TPSA) is 61.4 Å². The Morgan fingerprint density at radius 3 is 2.95 bits per heavy atom. The van der Waals surface area contributed by atoms with Crippen molar-refractivity contribution in [3.8, 4) is 5.75 Å². The van der Waals surface area contributed by atoms with E-state index in [4.69, 9.17) is 0 Å². The van der Waals surface area contributed by atoms with Gasteiger partial charge in [0.15, 0.2) is 0 Å². The lowest BCUT2D eigenvalue weighted by atomic mass is 9.97. The van der Waals surface area contributed by atoms with E-state index in [1.807, 2.05) is 25.1 Å². The lowest BCUT2D eigenvalue weighted by Crippen LogP contribution is -2.19. The first-order valence-corrected chi connectivity index (χ1v) is 7.12. The van der Waals surface area contributed by atoms with Crippen LogP contribution in [0, 0.1) is 6.92 Å². The molecular formula is C17H18N2O2. The Morgan fingerprint density at radius 2 is 2.14 bits per heavy atom. The minimum absolute atomic E-state index is 0.107. The zero-order chi connectivity index (χ0) is 14.8. The zero-order valence-electron chi connectivity index (χ0n) is 11.9. The van der Waals surface area contributed by atoms with Crippen LogP contribution >= 0.6 is 0 Å². The van der Waals surface area contributed by atoms with Gasteiger partial charge < -0.3 is 15.7 Å². The molecule has 1 heterocycles. The first-order chi connectivity index (χ1) is 10.1. The third-order valence-corrected chi connectivity index (χ3v) is 3.80. The Morgan fingerprint density at radius 1 is 1.29 bits per heavy atom. The highest BCUT2D eigenvalue weighted by Crippen LogP contribution is 2.27. The summed E-state index contributed by atoms with van der Waals surface area (Å²) in [5, 5.41) is 15.7. The van der Waals surface area contributed by atoms with Crippen LogP contribution in [0.4, 0.5) is 11.4 Å². The number of phenolic OH excluding ortho intramolecular Hbond substituents is 1. The number of nitrogens with one attached hydrogen (secondary N) is 2. The number of phenols is 1. The van der Waals surface area contributed by atoms with Gasteiger partial charge in [-0.15, -0.1) is 0 Å². The molecule has 21 heavy (non-hydrogen) atoms. The molecule has 0 bridgehead atoms. The molecule has 0 fully saturated rings. The lowest BCUT2D eigenvalue weighted by Gasteiger charge is -2.20. The molecule has 0 atom stereocenters. The molecule has 0 unspecified atom stereocenters. The highest BCUT2D eigenvalue weighted by Gasteiger charge is 2.17. The summed E-state index contributed by atoms with van der Waals surface area (Å²) >= 11 is 0. The van der Waals surface area contributed by atoms with Gasteiger partial charge in [0.25, 0.3) is 5.91 Å². The summed E-state index contributed by atoms with van der Waals surface area (Å²) in [7, 11) is 0. The number of anilines is 2. The van der Waals surface area contributed by atoms with Gasteiger partial charge in [-0.25, -0.2) is 0 Å². The van der Waals surface area contributed by atoms with Crippen LogP contribution in [0.25, 0.3) is 0 Å². The molecule has 1 aliphatic rings. The molecule has 0 aliphatic carbocycles. The second kappa shape index (κ2) is 5.48. The number of rotatable bonds is 2. The molecule has 1 amide bonds. The van der Waals surface area contributed by atoms with E-state index in [1.54, 1.807) is 18.2 Å². The van der Waals surface area contributed by atoms with Crippen molar-refractivity contribution >= 4 is 17.3 Å². The Kier molecular flexibility index (Phi) is 3.52. The number of aromatic hydroxyl groups is 1. The summed E-state index contributed by atoms with van der Waals surface area (Å²) < 4.78 is 0. The van der Waals surface area contributed by atoms with Crippen molar-refractivity contribution in [1.29, 1.82) is 0 Å². The second-order valence-electron chi connectivity index (χ2n) is 5.32. The first-order valence-electron chi connectivity index (χ1n) is 7.12. The van der Waals surface area contributed by atoms with E-state index in [9.17, 15) is 9.90 Å². The summed E-state index contributed by atoms with van der Waals surface area (Å²) in [5.41, 5.74) is 4.41. The van der Waals surface area contributed by atoms with Crippen molar-refractivity contribution in [3.63, 3.8) is 0 Å². The van der Waals surface area contributed by atoms with Gasteiger partial charge in [-0.1, -0.05) is 6.07 Å². The van der Waals surface area contributed by atoms with E-state index in [0.717, 1.165) is 41.9 Å². The Balaban J connectivity index is 1.89. The smallest absolute Gasteiger partial charge is 0.256 e. The number of aryl methyl sites for hydroxylation is 1. The predicted molar refractivity (Wildman–Crippen MR) is 84.0 cm³/mol. The maximum absolute atomic E-state index is 12.5. The third kappa shape index (κ3) is 2.70. The molecule has 2 aromatic rings. The quantitative estimate of drug-likeness (QED) is 0.741. The molecule has 3 N–H and O–H groups in total. The predicted octanol–water partition coefficient (Wildman–Crippen LogP) is 3.31. The van der Waals surface area contributed by atoms with Crippen LogP contribution in [-0.2, 0) is 6.42 Å². The average Bonchev–Trinajstić information content (AvgIpc) is 2.49. The minimum atomic E-state index is -0.107. The van der Waals surface area contributed by atoms with Crippen LogP contribution in [0.1, 0.15) is 27.9 Å². The molecule has 0 saturated heterocycles. The largest absolute Gasteiger partial charge is 0.508 e. The molecule has 3 rings (SSSR count). The fourth-order valence-corrected chi connectivity index (χ4v) is 2.70. The second-order valence-corrected chi connectivity index (χ2v) is 5.32. The van der Waals surface area contributed by atoms with Gasteiger partial charge in [-0.3, -0.25) is 4.79 Å². The van der Waals surface area contributed by atoms with Gasteiger partial charge in [0.1, 0.15) is 5.75 Å². The summed E-state index contributed by atoms with van der Waals surface area (Å²) in [6, 6.07) is 10.7. The number of carbonyl (C=O) groups is 1. The Labute approximate surface area is 123 Å². The van der Waals surface area contributed by atoms with Crippen LogP contribution < -0.4 is 10.6 Å². The Hall–Kier alpha value is -2.49. The summed E-state index contributed by atoms with van der Waals surface area (Å²) in [5.74, 6) is 0.0936. The molecule has 0 saturated carbocycles. The normalized spacial score (nSPS) is 13.2. The van der Waals surface area contributed by atoms with Gasteiger partial charge in [-0.05, 0) is 61.2 Å². The highest BCUT2D eigenvalue weighted by molar-refractivity contribution is 6.06. The van der Waals surface area contributed by atoms with Gasteiger partial charge in [-0.2, -0.15) is 0 Å². The molecule has 2 aromatic carbocycles. The van der Waals surface area contributed by atoms with Crippen molar-refractivity contribution < 1.29 is 9.90 Å². The minimum Gasteiger partial charge on any atom is -0.508 e. The van der Waals surface area contributed by atoms with Crippen LogP contribution in [0.2, 0.25) is 0 Å². The number of carbonyl (C=O) groups excluding carboxylic acids is 1. The van der Waals surface area contributed by atoms with Gasteiger partial charge in [0.05, 0.1) is 0 Å². The van der Waals surface area contributed by atoms with E-state index >= 15 is 0 Å². The molecule has 1 aliphatic heterocycles. The highest BCUT2D eigenvalue weighted by atomic mass is 16.3. The van der Waals surface area contributed by atoms with Gasteiger partial charge in [0, 0.05) is 23.5 Å². The van der Waals surface area contributed by atoms with Crippen molar-refractivity contribution in [2.75, 3.05) is 17.2 Å². The SMILES string of the molecule is Cc1cc(O)ccc1NC(=O)c1cccc2c1CCCN2. The summed E-state index contributed by atoms with van der Waals surface area (Å²) in [4.78, 5) is 12.5. The van der Waals surface area contributed by atoms with Crippen LogP contribution in [0.5, 0.6) is 5.75 Å². The van der Waals surface area contributed by atoms with E-state index < -0.39 is 0 Å². The van der Waals surface area contributed by atoms with E-state index in [0.29, 0.717) is 5.56 Å². The average molecular weight is 282 g/mol. The zero-order valence-corrected chi connectivity index (χ0v) is 11.9. The van der Waals surface area contributed by atoms with Crippen LogP contribution in [0.3, 0.4) is 0 Å². The molecule has 0 radical (unpaired) electrons. The number of fused-ring (bicyclic) bond motifs is 1. The first kappa shape index (κ1) is 13.5. The molecule has 4 nitrogen and oxygen atoms in total. The molecule has 108 valence electrons.